The van der Waals surface area contributed by atoms with Crippen LogP contribution in [0.25, 0.3) is 0 Å². The maximum absolute atomic E-state index is 11.8. The molecule has 0 fully saturated rings. The Morgan fingerprint density at radius 2 is 2.16 bits per heavy atom. The van der Waals surface area contributed by atoms with Crippen molar-refractivity contribution in [3.05, 3.63) is 53.9 Å². The quantitative estimate of drug-likeness (QED) is 0.813. The monoisotopic (exact) mass is 253 g/mol. The average Bonchev–Trinajstić information content (AvgIpc) is 3.08. The second kappa shape index (κ2) is 4.80. The minimum atomic E-state index is -0.0247. The first kappa shape index (κ1) is 11.8. The molecule has 1 aromatic rings. The molecule has 1 unspecified atom stereocenters. The highest BCUT2D eigenvalue weighted by Crippen LogP contribution is 2.33. The fourth-order valence-corrected chi connectivity index (χ4v) is 2.50. The summed E-state index contributed by atoms with van der Waals surface area (Å²) in [7, 11) is 0. The van der Waals surface area contributed by atoms with Crippen molar-refractivity contribution < 1.29 is 4.79 Å². The first-order valence-electron chi connectivity index (χ1n) is 6.39. The van der Waals surface area contributed by atoms with E-state index in [1.165, 1.54) is 5.57 Å². The van der Waals surface area contributed by atoms with Gasteiger partial charge in [-0.15, -0.1) is 0 Å². The van der Waals surface area contributed by atoms with Crippen molar-refractivity contribution in [2.75, 3.05) is 0 Å². The number of carbonyl (C=O) groups excluding carboxylic acids is 1. The van der Waals surface area contributed by atoms with Crippen molar-refractivity contribution in [2.45, 2.75) is 25.8 Å². The molecule has 0 aromatic carbocycles. The minimum absolute atomic E-state index is 0.00278. The Labute approximate surface area is 112 Å². The van der Waals surface area contributed by atoms with Crippen molar-refractivity contribution >= 4 is 11.6 Å². The molecule has 1 aliphatic heterocycles. The predicted molar refractivity (Wildman–Crippen MR) is 73.4 cm³/mol. The van der Waals surface area contributed by atoms with Gasteiger partial charge in [-0.05, 0) is 29.7 Å². The fourth-order valence-electron chi connectivity index (χ4n) is 2.50. The van der Waals surface area contributed by atoms with Gasteiger partial charge in [0.15, 0.2) is 0 Å². The van der Waals surface area contributed by atoms with Crippen LogP contribution in [0.2, 0.25) is 0 Å². The zero-order valence-corrected chi connectivity index (χ0v) is 10.8. The third kappa shape index (κ3) is 2.21. The van der Waals surface area contributed by atoms with Crippen molar-refractivity contribution in [3.8, 4) is 0 Å². The molecule has 4 nitrogen and oxygen atoms in total. The topological polar surface area (TPSA) is 45.6 Å². The van der Waals surface area contributed by atoms with Crippen LogP contribution in [0.3, 0.4) is 0 Å². The molecule has 2 heterocycles. The Kier molecular flexibility index (Phi) is 2.99. The van der Waals surface area contributed by atoms with Crippen LogP contribution >= 0.6 is 0 Å². The Bertz CT molecular complexity index is 587. The van der Waals surface area contributed by atoms with E-state index in [1.807, 2.05) is 18.2 Å². The number of pyridine rings is 1. The Morgan fingerprint density at radius 1 is 1.37 bits per heavy atom. The van der Waals surface area contributed by atoms with Crippen LogP contribution in [0.4, 0.5) is 0 Å². The second-order valence-corrected chi connectivity index (χ2v) is 4.73. The van der Waals surface area contributed by atoms with Crippen molar-refractivity contribution in [1.29, 1.82) is 0 Å². The van der Waals surface area contributed by atoms with E-state index < -0.39 is 0 Å². The molecule has 2 aliphatic rings. The first-order chi connectivity index (χ1) is 9.25. The van der Waals surface area contributed by atoms with Crippen LogP contribution in [0.1, 0.15) is 31.4 Å². The summed E-state index contributed by atoms with van der Waals surface area (Å²) in [5.41, 5.74) is 3.31. The van der Waals surface area contributed by atoms with Gasteiger partial charge < -0.3 is 0 Å². The number of hydrogen-bond acceptors (Lipinski definition) is 3. The Balaban J connectivity index is 1.89. The SMILES string of the molecule is CC(=O)N1N=C(C2=CC=CC2)CC1c1ccncc1. The molecule has 1 amide bonds. The lowest BCUT2D eigenvalue weighted by molar-refractivity contribution is -0.130. The first-order valence-corrected chi connectivity index (χ1v) is 6.39. The molecule has 0 radical (unpaired) electrons. The lowest BCUT2D eigenvalue weighted by Crippen LogP contribution is -2.24. The zero-order chi connectivity index (χ0) is 13.2. The lowest BCUT2D eigenvalue weighted by atomic mass is 9.99. The van der Waals surface area contributed by atoms with E-state index in [4.69, 9.17) is 0 Å². The number of nitrogens with zero attached hydrogens (tertiary/aromatic N) is 3. The highest BCUT2D eigenvalue weighted by atomic mass is 16.2. The molecule has 4 heteroatoms. The van der Waals surface area contributed by atoms with Gasteiger partial charge in [-0.1, -0.05) is 18.2 Å². The van der Waals surface area contributed by atoms with E-state index in [0.717, 1.165) is 24.1 Å². The molecule has 0 saturated heterocycles. The van der Waals surface area contributed by atoms with Crippen LogP contribution in [-0.4, -0.2) is 21.6 Å². The van der Waals surface area contributed by atoms with Gasteiger partial charge in [0.05, 0.1) is 11.8 Å². The molecule has 1 aliphatic carbocycles. The van der Waals surface area contributed by atoms with Crippen LogP contribution in [0.15, 0.2) is 53.4 Å². The van der Waals surface area contributed by atoms with E-state index in [-0.39, 0.29) is 11.9 Å². The van der Waals surface area contributed by atoms with E-state index in [0.29, 0.717) is 0 Å². The minimum Gasteiger partial charge on any atom is -0.273 e. The lowest BCUT2D eigenvalue weighted by Gasteiger charge is -2.20. The summed E-state index contributed by atoms with van der Waals surface area (Å²) in [5, 5.41) is 6.09. The molecule has 1 aromatic heterocycles. The third-order valence-electron chi connectivity index (χ3n) is 3.47. The molecular weight excluding hydrogens is 238 g/mol. The zero-order valence-electron chi connectivity index (χ0n) is 10.8. The van der Waals surface area contributed by atoms with E-state index in [9.17, 15) is 4.79 Å². The summed E-state index contributed by atoms with van der Waals surface area (Å²) in [4.78, 5) is 15.8. The van der Waals surface area contributed by atoms with Crippen molar-refractivity contribution in [2.24, 2.45) is 5.10 Å². The van der Waals surface area contributed by atoms with E-state index >= 15 is 0 Å². The van der Waals surface area contributed by atoms with E-state index in [2.05, 4.69) is 22.2 Å². The molecular formula is C15H15N3O. The maximum atomic E-state index is 11.8. The summed E-state index contributed by atoms with van der Waals surface area (Å²) < 4.78 is 0. The number of allylic oxidation sites excluding steroid dienone is 4. The van der Waals surface area contributed by atoms with Gasteiger partial charge in [0.25, 0.3) is 0 Å². The van der Waals surface area contributed by atoms with Gasteiger partial charge >= 0.3 is 0 Å². The molecule has 3 rings (SSSR count). The maximum Gasteiger partial charge on any atom is 0.240 e. The second-order valence-electron chi connectivity index (χ2n) is 4.73. The number of carbonyl (C=O) groups is 1. The summed E-state index contributed by atoms with van der Waals surface area (Å²) in [6, 6.07) is 3.89. The molecule has 0 spiro atoms. The molecule has 1 atom stereocenters. The van der Waals surface area contributed by atoms with Crippen LogP contribution in [-0.2, 0) is 4.79 Å². The predicted octanol–water partition coefficient (Wildman–Crippen LogP) is 2.62. The summed E-state index contributed by atoms with van der Waals surface area (Å²) in [6.45, 7) is 1.56. The average molecular weight is 253 g/mol. The number of hydrazone groups is 1. The van der Waals surface area contributed by atoms with Gasteiger partial charge in [-0.3, -0.25) is 9.78 Å². The number of aromatic nitrogens is 1. The normalized spacial score (nSPS) is 21.5. The van der Waals surface area contributed by atoms with Gasteiger partial charge in [-0.2, -0.15) is 5.10 Å². The van der Waals surface area contributed by atoms with Crippen LogP contribution in [0, 0.1) is 0 Å². The summed E-state index contributed by atoms with van der Waals surface area (Å²) >= 11 is 0. The smallest absolute Gasteiger partial charge is 0.240 e. The number of hydrogen-bond donors (Lipinski definition) is 0. The largest absolute Gasteiger partial charge is 0.273 e. The van der Waals surface area contributed by atoms with Crippen LogP contribution in [0.5, 0.6) is 0 Å². The highest BCUT2D eigenvalue weighted by Gasteiger charge is 2.31. The molecule has 96 valence electrons. The third-order valence-corrected chi connectivity index (χ3v) is 3.47. The molecule has 0 bridgehead atoms. The molecule has 19 heavy (non-hydrogen) atoms. The van der Waals surface area contributed by atoms with Gasteiger partial charge in [0.2, 0.25) is 5.91 Å². The van der Waals surface area contributed by atoms with Gasteiger partial charge in [0.1, 0.15) is 0 Å². The molecule has 0 N–H and O–H groups in total. The summed E-state index contributed by atoms with van der Waals surface area (Å²) in [6.07, 6.45) is 11.4. The van der Waals surface area contributed by atoms with Gasteiger partial charge in [-0.25, -0.2) is 5.01 Å². The van der Waals surface area contributed by atoms with Gasteiger partial charge in [0, 0.05) is 25.7 Å². The van der Waals surface area contributed by atoms with Crippen molar-refractivity contribution in [3.63, 3.8) is 0 Å². The standard InChI is InChI=1S/C15H15N3O/c1-11(19)18-15(13-6-8-16-9-7-13)10-14(17-18)12-4-2-3-5-12/h2-4,6-9,15H,5,10H2,1H3. The fraction of sp³-hybridized carbons (Fsp3) is 0.267. The highest BCUT2D eigenvalue weighted by molar-refractivity contribution is 6.03. The summed E-state index contributed by atoms with van der Waals surface area (Å²) in [5.74, 6) is -0.0247. The molecule has 0 saturated carbocycles. The number of rotatable bonds is 2. The van der Waals surface area contributed by atoms with Crippen molar-refractivity contribution in [1.82, 2.24) is 9.99 Å². The Hall–Kier alpha value is -2.23. The van der Waals surface area contributed by atoms with Crippen LogP contribution < -0.4 is 0 Å². The number of amides is 1. The Morgan fingerprint density at radius 3 is 2.79 bits per heavy atom. The van der Waals surface area contributed by atoms with E-state index in [1.54, 1.807) is 24.3 Å².